The molecule has 3 rings (SSSR count). The fourth-order valence-corrected chi connectivity index (χ4v) is 2.89. The predicted molar refractivity (Wildman–Crippen MR) is 92.1 cm³/mol. The van der Waals surface area contributed by atoms with Gasteiger partial charge in [0.1, 0.15) is 0 Å². The van der Waals surface area contributed by atoms with Crippen molar-refractivity contribution in [2.75, 3.05) is 18.0 Å². The summed E-state index contributed by atoms with van der Waals surface area (Å²) in [5, 5.41) is 0. The molecule has 2 aromatic rings. The van der Waals surface area contributed by atoms with E-state index in [4.69, 9.17) is 14.9 Å². The number of oxazole rings is 1. The molecule has 134 valence electrons. The van der Waals surface area contributed by atoms with Gasteiger partial charge in [0.05, 0.1) is 17.7 Å². The third-order valence-electron chi connectivity index (χ3n) is 3.98. The van der Waals surface area contributed by atoms with Gasteiger partial charge in [0.2, 0.25) is 0 Å². The number of aromatic nitrogens is 1. The smallest absolute Gasteiger partial charge is 0.415 e. The van der Waals surface area contributed by atoms with Crippen molar-refractivity contribution in [3.05, 3.63) is 23.9 Å². The standard InChI is InChI=1S/C17H22N4O4/c1-5-19-15-21(17(2,3)4)11-7-6-10(8-12(11)24-15)20-9-13(14(18)22)25-16(20)23/h6-8,13H,5,9H2,1-4H3,(H2,18,22)/b19-15+/t13-/m1/s1. The Morgan fingerprint density at radius 1 is 1.40 bits per heavy atom. The molecular weight excluding hydrogens is 324 g/mol. The molecule has 0 saturated carbocycles. The minimum atomic E-state index is -0.940. The van der Waals surface area contributed by atoms with Crippen LogP contribution in [0.5, 0.6) is 0 Å². The monoisotopic (exact) mass is 346 g/mol. The minimum absolute atomic E-state index is 0.0891. The molecule has 2 N–H and O–H groups in total. The molecular formula is C17H22N4O4. The van der Waals surface area contributed by atoms with Gasteiger partial charge >= 0.3 is 6.09 Å². The number of carbonyl (C=O) groups excluding carboxylic acids is 2. The van der Waals surface area contributed by atoms with Gasteiger partial charge in [-0.1, -0.05) is 0 Å². The second kappa shape index (κ2) is 5.94. The normalized spacial score (nSPS) is 18.9. The van der Waals surface area contributed by atoms with Gasteiger partial charge in [-0.25, -0.2) is 9.79 Å². The first-order valence-electron chi connectivity index (χ1n) is 8.16. The summed E-state index contributed by atoms with van der Waals surface area (Å²) >= 11 is 0. The number of nitrogens with two attached hydrogens (primary N) is 1. The van der Waals surface area contributed by atoms with E-state index in [0.29, 0.717) is 23.5 Å². The molecule has 1 aromatic heterocycles. The van der Waals surface area contributed by atoms with Crippen molar-refractivity contribution in [2.45, 2.75) is 39.3 Å². The zero-order valence-electron chi connectivity index (χ0n) is 14.8. The second-order valence-electron chi connectivity index (χ2n) is 6.90. The lowest BCUT2D eigenvalue weighted by molar-refractivity contribution is -0.124. The Bertz CT molecular complexity index is 903. The maximum Gasteiger partial charge on any atom is 0.415 e. The molecule has 1 aliphatic heterocycles. The van der Waals surface area contributed by atoms with Crippen molar-refractivity contribution >= 4 is 28.8 Å². The highest BCUT2D eigenvalue weighted by Gasteiger charge is 2.36. The summed E-state index contributed by atoms with van der Waals surface area (Å²) in [4.78, 5) is 29.0. The number of primary amides is 1. The van der Waals surface area contributed by atoms with Crippen molar-refractivity contribution < 1.29 is 18.7 Å². The lowest BCUT2D eigenvalue weighted by Crippen LogP contribution is -2.32. The average molecular weight is 346 g/mol. The van der Waals surface area contributed by atoms with E-state index in [1.165, 1.54) is 4.90 Å². The number of nitrogens with zero attached hydrogens (tertiary/aromatic N) is 3. The zero-order valence-corrected chi connectivity index (χ0v) is 14.8. The minimum Gasteiger partial charge on any atom is -0.434 e. The molecule has 8 heteroatoms. The average Bonchev–Trinajstić information content (AvgIpc) is 3.06. The molecule has 8 nitrogen and oxygen atoms in total. The van der Waals surface area contributed by atoms with E-state index in [1.807, 2.05) is 17.6 Å². The number of amides is 2. The van der Waals surface area contributed by atoms with E-state index in [9.17, 15) is 9.59 Å². The SMILES string of the molecule is CC/N=c1/oc2cc(N3C[C@H](C(N)=O)OC3=O)ccc2n1C(C)(C)C. The molecule has 1 atom stereocenters. The van der Waals surface area contributed by atoms with Crippen LogP contribution in [0, 0.1) is 0 Å². The summed E-state index contributed by atoms with van der Waals surface area (Å²) in [7, 11) is 0. The first-order chi connectivity index (χ1) is 11.7. The van der Waals surface area contributed by atoms with Gasteiger partial charge in [-0.05, 0) is 39.8 Å². The largest absolute Gasteiger partial charge is 0.434 e. The predicted octanol–water partition coefficient (Wildman–Crippen LogP) is 1.72. The number of ether oxygens (including phenoxy) is 1. The summed E-state index contributed by atoms with van der Waals surface area (Å²) in [6.07, 6.45) is -1.54. The third kappa shape index (κ3) is 2.99. The van der Waals surface area contributed by atoms with Gasteiger partial charge in [-0.2, -0.15) is 0 Å². The van der Waals surface area contributed by atoms with Crippen molar-refractivity contribution in [1.82, 2.24) is 4.57 Å². The van der Waals surface area contributed by atoms with E-state index < -0.39 is 18.1 Å². The molecule has 0 spiro atoms. The Kier molecular flexibility index (Phi) is 4.06. The topological polar surface area (TPSA) is 103 Å². The molecule has 25 heavy (non-hydrogen) atoms. The Morgan fingerprint density at radius 3 is 2.68 bits per heavy atom. The van der Waals surface area contributed by atoms with Gasteiger partial charge in [-0.15, -0.1) is 0 Å². The zero-order chi connectivity index (χ0) is 18.4. The maximum absolute atomic E-state index is 12.0. The van der Waals surface area contributed by atoms with E-state index >= 15 is 0 Å². The molecule has 1 fully saturated rings. The summed E-state index contributed by atoms with van der Waals surface area (Å²) in [6.45, 7) is 8.84. The highest BCUT2D eigenvalue weighted by molar-refractivity contribution is 5.96. The Labute approximate surface area is 144 Å². The van der Waals surface area contributed by atoms with Gasteiger partial charge in [0.15, 0.2) is 11.7 Å². The second-order valence-corrected chi connectivity index (χ2v) is 6.90. The van der Waals surface area contributed by atoms with Crippen molar-refractivity contribution in [3.63, 3.8) is 0 Å². The van der Waals surface area contributed by atoms with Crippen LogP contribution in [0.25, 0.3) is 11.1 Å². The molecule has 2 heterocycles. The Hall–Kier alpha value is -2.77. The Morgan fingerprint density at radius 2 is 2.12 bits per heavy atom. The lowest BCUT2D eigenvalue weighted by Gasteiger charge is -2.21. The molecule has 0 unspecified atom stereocenters. The van der Waals surface area contributed by atoms with Crippen LogP contribution in [0.3, 0.4) is 0 Å². The molecule has 1 saturated heterocycles. The van der Waals surface area contributed by atoms with Crippen molar-refractivity contribution in [2.24, 2.45) is 10.7 Å². The van der Waals surface area contributed by atoms with Crippen LogP contribution in [-0.2, 0) is 15.1 Å². The fraction of sp³-hybridized carbons (Fsp3) is 0.471. The number of cyclic esters (lactones) is 1. The van der Waals surface area contributed by atoms with Crippen molar-refractivity contribution in [3.8, 4) is 0 Å². The van der Waals surface area contributed by atoms with Crippen LogP contribution in [0.4, 0.5) is 10.5 Å². The first-order valence-corrected chi connectivity index (χ1v) is 8.16. The van der Waals surface area contributed by atoms with Crippen LogP contribution in [0.2, 0.25) is 0 Å². The Balaban J connectivity index is 2.09. The maximum atomic E-state index is 12.0. The van der Waals surface area contributed by atoms with Gasteiger partial charge in [0, 0.05) is 18.2 Å². The molecule has 0 aliphatic carbocycles. The number of anilines is 1. The fourth-order valence-electron chi connectivity index (χ4n) is 2.89. The summed E-state index contributed by atoms with van der Waals surface area (Å²) in [5.41, 5.74) is 7.60. The van der Waals surface area contributed by atoms with Gasteiger partial charge < -0.3 is 14.9 Å². The molecule has 1 aliphatic rings. The molecule has 0 bridgehead atoms. The molecule has 0 radical (unpaired) electrons. The summed E-state index contributed by atoms with van der Waals surface area (Å²) in [6, 6.07) is 5.41. The number of rotatable bonds is 3. The molecule has 1 aromatic carbocycles. The molecule has 2 amide bonds. The van der Waals surface area contributed by atoms with E-state index in [-0.39, 0.29) is 12.1 Å². The van der Waals surface area contributed by atoms with Crippen LogP contribution in [0.15, 0.2) is 27.6 Å². The third-order valence-corrected chi connectivity index (χ3v) is 3.98. The van der Waals surface area contributed by atoms with E-state index in [1.54, 1.807) is 12.1 Å². The summed E-state index contributed by atoms with van der Waals surface area (Å²) < 4.78 is 12.9. The summed E-state index contributed by atoms with van der Waals surface area (Å²) in [5.74, 6) is -0.662. The van der Waals surface area contributed by atoms with Crippen LogP contribution in [0.1, 0.15) is 27.7 Å². The van der Waals surface area contributed by atoms with Crippen LogP contribution >= 0.6 is 0 Å². The number of carbonyl (C=O) groups is 2. The van der Waals surface area contributed by atoms with Gasteiger partial charge in [0.25, 0.3) is 11.6 Å². The quantitative estimate of drug-likeness (QED) is 0.914. The number of fused-ring (bicyclic) bond motifs is 1. The van der Waals surface area contributed by atoms with Crippen LogP contribution in [-0.4, -0.2) is 35.8 Å². The number of hydrogen-bond acceptors (Lipinski definition) is 5. The highest BCUT2D eigenvalue weighted by Crippen LogP contribution is 2.28. The number of hydrogen-bond donors (Lipinski definition) is 1. The van der Waals surface area contributed by atoms with Crippen LogP contribution < -0.4 is 16.3 Å². The van der Waals surface area contributed by atoms with Gasteiger partial charge in [-0.3, -0.25) is 14.3 Å². The first kappa shape index (κ1) is 17.1. The van der Waals surface area contributed by atoms with E-state index in [2.05, 4.69) is 25.8 Å². The highest BCUT2D eigenvalue weighted by atomic mass is 16.6. The van der Waals surface area contributed by atoms with E-state index in [0.717, 1.165) is 5.52 Å². The lowest BCUT2D eigenvalue weighted by atomic mass is 10.1. The number of benzene rings is 1. The van der Waals surface area contributed by atoms with Crippen molar-refractivity contribution in [1.29, 1.82) is 0 Å².